The fourth-order valence-electron chi connectivity index (χ4n) is 2.90. The first-order chi connectivity index (χ1) is 12.8. The van der Waals surface area contributed by atoms with Gasteiger partial charge in [0, 0.05) is 29.8 Å². The molecule has 0 radical (unpaired) electrons. The van der Waals surface area contributed by atoms with Crippen LogP contribution in [-0.4, -0.2) is 33.3 Å². The van der Waals surface area contributed by atoms with Crippen LogP contribution in [0.25, 0.3) is 0 Å². The van der Waals surface area contributed by atoms with Gasteiger partial charge in [-0.15, -0.1) is 0 Å². The molecule has 2 aromatic rings. The first-order valence-corrected chi connectivity index (χ1v) is 8.33. The van der Waals surface area contributed by atoms with Gasteiger partial charge >= 0.3 is 0 Å². The average Bonchev–Trinajstić information content (AvgIpc) is 2.96. The number of hydrogen-bond acceptors (Lipinski definition) is 6. The zero-order valence-electron chi connectivity index (χ0n) is 15.0. The van der Waals surface area contributed by atoms with Gasteiger partial charge in [0.25, 0.3) is 11.6 Å². The number of nitrogens with zero attached hydrogens (tertiary/aromatic N) is 3. The molecule has 1 aliphatic heterocycles. The number of benzene rings is 2. The van der Waals surface area contributed by atoms with Gasteiger partial charge in [-0.1, -0.05) is 29.8 Å². The van der Waals surface area contributed by atoms with E-state index in [1.54, 1.807) is 19.1 Å². The van der Waals surface area contributed by atoms with Gasteiger partial charge in [0.1, 0.15) is 5.75 Å². The van der Waals surface area contributed by atoms with Crippen LogP contribution in [0.1, 0.15) is 24.5 Å². The number of aliphatic hydroxyl groups is 1. The molecular weight excluding hydrogens is 350 g/mol. The van der Waals surface area contributed by atoms with Crippen LogP contribution in [0.3, 0.4) is 0 Å². The summed E-state index contributed by atoms with van der Waals surface area (Å²) in [7, 11) is 0. The Morgan fingerprint density at radius 2 is 1.85 bits per heavy atom. The molecule has 1 atom stereocenters. The van der Waals surface area contributed by atoms with Crippen molar-refractivity contribution in [2.75, 3.05) is 6.61 Å². The van der Waals surface area contributed by atoms with Crippen molar-refractivity contribution in [2.45, 2.75) is 26.0 Å². The first kappa shape index (κ1) is 18.5. The second kappa shape index (κ2) is 7.16. The van der Waals surface area contributed by atoms with Crippen LogP contribution in [-0.2, 0) is 10.5 Å². The molecule has 27 heavy (non-hydrogen) atoms. The summed E-state index contributed by atoms with van der Waals surface area (Å²) in [6.45, 7) is 3.32. The molecule has 1 amide bonds. The van der Waals surface area contributed by atoms with E-state index >= 15 is 0 Å². The number of hydrogen-bond donors (Lipinski definition) is 1. The summed E-state index contributed by atoms with van der Waals surface area (Å²) in [5.41, 5.74) is 0.604. The van der Waals surface area contributed by atoms with Crippen molar-refractivity contribution in [3.8, 4) is 5.75 Å². The molecule has 1 N–H and O–H groups in total. The minimum atomic E-state index is -1.56. The van der Waals surface area contributed by atoms with Crippen molar-refractivity contribution < 1.29 is 19.6 Å². The van der Waals surface area contributed by atoms with Crippen LogP contribution in [0.4, 0.5) is 5.69 Å². The third-order valence-electron chi connectivity index (χ3n) is 4.28. The number of hydrazone groups is 1. The summed E-state index contributed by atoms with van der Waals surface area (Å²) in [6.07, 6.45) is 0.208. The third kappa shape index (κ3) is 3.80. The highest BCUT2D eigenvalue weighted by Gasteiger charge is 2.44. The number of carbonyl (C=O) groups is 1. The van der Waals surface area contributed by atoms with Crippen molar-refractivity contribution in [1.82, 2.24) is 5.01 Å². The highest BCUT2D eigenvalue weighted by molar-refractivity contribution is 5.89. The maximum atomic E-state index is 12.6. The van der Waals surface area contributed by atoms with Gasteiger partial charge in [0.2, 0.25) is 0 Å². The molecule has 0 saturated heterocycles. The summed E-state index contributed by atoms with van der Waals surface area (Å²) in [5, 5.41) is 27.0. The van der Waals surface area contributed by atoms with Crippen LogP contribution in [0.15, 0.2) is 53.6 Å². The van der Waals surface area contributed by atoms with Gasteiger partial charge < -0.3 is 9.84 Å². The summed E-state index contributed by atoms with van der Waals surface area (Å²) in [4.78, 5) is 22.8. The Bertz CT molecular complexity index is 893. The van der Waals surface area contributed by atoms with Crippen molar-refractivity contribution in [3.63, 3.8) is 0 Å². The predicted molar refractivity (Wildman–Crippen MR) is 98.2 cm³/mol. The van der Waals surface area contributed by atoms with Crippen LogP contribution in [0, 0.1) is 17.0 Å². The molecular formula is C19H19N3O5. The molecule has 2 aromatic carbocycles. The second-order valence-electron chi connectivity index (χ2n) is 6.44. The molecule has 3 rings (SSSR count). The summed E-state index contributed by atoms with van der Waals surface area (Å²) in [6, 6.07) is 12.7. The Labute approximate surface area is 155 Å². The van der Waals surface area contributed by atoms with E-state index in [2.05, 4.69) is 5.10 Å². The summed E-state index contributed by atoms with van der Waals surface area (Å²) in [5.74, 6) is -0.207. The molecule has 0 fully saturated rings. The van der Waals surface area contributed by atoms with E-state index < -0.39 is 16.6 Å². The zero-order chi connectivity index (χ0) is 19.6. The number of nitro benzene ring substituents is 1. The average molecular weight is 369 g/mol. The van der Waals surface area contributed by atoms with Gasteiger partial charge in [0.05, 0.1) is 4.92 Å². The molecule has 0 spiro atoms. The number of amides is 1. The van der Waals surface area contributed by atoms with Crippen molar-refractivity contribution >= 4 is 17.3 Å². The number of non-ortho nitro benzene ring substituents is 1. The third-order valence-corrected chi connectivity index (χ3v) is 4.28. The van der Waals surface area contributed by atoms with Gasteiger partial charge in [-0.3, -0.25) is 14.9 Å². The second-order valence-corrected chi connectivity index (χ2v) is 6.44. The van der Waals surface area contributed by atoms with E-state index in [0.717, 1.165) is 10.6 Å². The van der Waals surface area contributed by atoms with Crippen LogP contribution in [0.5, 0.6) is 5.75 Å². The van der Waals surface area contributed by atoms with Crippen molar-refractivity contribution in [2.24, 2.45) is 5.10 Å². The Kier molecular flexibility index (Phi) is 4.91. The molecule has 8 nitrogen and oxygen atoms in total. The monoisotopic (exact) mass is 369 g/mol. The topological polar surface area (TPSA) is 105 Å². The molecule has 140 valence electrons. The molecule has 0 bridgehead atoms. The van der Waals surface area contributed by atoms with E-state index in [0.29, 0.717) is 17.0 Å². The number of rotatable bonds is 5. The molecule has 8 heteroatoms. The maximum absolute atomic E-state index is 12.6. The minimum absolute atomic E-state index is 0.0674. The largest absolute Gasteiger partial charge is 0.484 e. The van der Waals surface area contributed by atoms with E-state index in [9.17, 15) is 20.0 Å². The van der Waals surface area contributed by atoms with Gasteiger partial charge in [-0.2, -0.15) is 10.1 Å². The lowest BCUT2D eigenvalue weighted by atomic mass is 9.97. The molecule has 1 aliphatic rings. The maximum Gasteiger partial charge on any atom is 0.283 e. The Balaban J connectivity index is 1.73. The molecule has 0 unspecified atom stereocenters. The molecule has 1 heterocycles. The van der Waals surface area contributed by atoms with E-state index in [4.69, 9.17) is 4.74 Å². The molecule has 0 aromatic heterocycles. The summed E-state index contributed by atoms with van der Waals surface area (Å²) < 4.78 is 5.40. The summed E-state index contributed by atoms with van der Waals surface area (Å²) >= 11 is 0. The number of carbonyl (C=O) groups excluding carboxylic acids is 1. The molecule has 0 aliphatic carbocycles. The van der Waals surface area contributed by atoms with Crippen LogP contribution < -0.4 is 4.74 Å². The predicted octanol–water partition coefficient (Wildman–Crippen LogP) is 2.74. The quantitative estimate of drug-likeness (QED) is 0.644. The highest BCUT2D eigenvalue weighted by atomic mass is 16.6. The van der Waals surface area contributed by atoms with Gasteiger partial charge in [-0.25, -0.2) is 0 Å². The van der Waals surface area contributed by atoms with E-state index in [-0.39, 0.29) is 18.7 Å². The number of aryl methyl sites for hydroxylation is 1. The Hall–Kier alpha value is -3.26. The smallest absolute Gasteiger partial charge is 0.283 e. The standard InChI is InChI=1S/C19H19N3O5/c1-13-3-5-15(6-4-13)19(24)11-14(2)20-21(19)18(23)12-27-17-9-7-16(8-10-17)22(25)26/h3-10,24H,11-12H2,1-2H3/t19-/m0/s1. The lowest BCUT2D eigenvalue weighted by Gasteiger charge is -2.31. The zero-order valence-corrected chi connectivity index (χ0v) is 15.0. The van der Waals surface area contributed by atoms with E-state index in [1.165, 1.54) is 24.3 Å². The first-order valence-electron chi connectivity index (χ1n) is 8.33. The van der Waals surface area contributed by atoms with Crippen LogP contribution in [0.2, 0.25) is 0 Å². The van der Waals surface area contributed by atoms with Crippen LogP contribution >= 0.6 is 0 Å². The highest BCUT2D eigenvalue weighted by Crippen LogP contribution is 2.35. The normalized spacial score (nSPS) is 18.9. The minimum Gasteiger partial charge on any atom is -0.484 e. The van der Waals surface area contributed by atoms with Gasteiger partial charge in [-0.05, 0) is 26.0 Å². The fraction of sp³-hybridized carbons (Fsp3) is 0.263. The Morgan fingerprint density at radius 3 is 2.44 bits per heavy atom. The Morgan fingerprint density at radius 1 is 1.22 bits per heavy atom. The van der Waals surface area contributed by atoms with Crippen molar-refractivity contribution in [3.05, 3.63) is 69.8 Å². The van der Waals surface area contributed by atoms with E-state index in [1.807, 2.05) is 19.1 Å². The SMILES string of the molecule is CC1=NN(C(=O)COc2ccc([N+](=O)[O-])cc2)[C@@](O)(c2ccc(C)cc2)C1. The lowest BCUT2D eigenvalue weighted by Crippen LogP contribution is -2.45. The number of nitro groups is 1. The lowest BCUT2D eigenvalue weighted by molar-refractivity contribution is -0.384. The molecule has 0 saturated carbocycles. The van der Waals surface area contributed by atoms with Crippen molar-refractivity contribution in [1.29, 1.82) is 0 Å². The number of ether oxygens (including phenoxy) is 1. The fourth-order valence-corrected chi connectivity index (χ4v) is 2.90. The van der Waals surface area contributed by atoms with Gasteiger partial charge in [0.15, 0.2) is 12.3 Å².